The zero-order valence-corrected chi connectivity index (χ0v) is 9.87. The maximum Gasteiger partial charge on any atom is 0.342 e. The van der Waals surface area contributed by atoms with Crippen molar-refractivity contribution in [3.8, 4) is 0 Å². The molecule has 2 rings (SSSR count). The smallest absolute Gasteiger partial charge is 0.342 e. The van der Waals surface area contributed by atoms with Crippen LogP contribution < -0.4 is 5.32 Å². The predicted octanol–water partition coefficient (Wildman–Crippen LogP) is 0.0197. The molecule has 7 nitrogen and oxygen atoms in total. The summed E-state index contributed by atoms with van der Waals surface area (Å²) < 4.78 is 1.66. The lowest BCUT2D eigenvalue weighted by molar-refractivity contribution is -0.392. The van der Waals surface area contributed by atoms with Crippen molar-refractivity contribution < 1.29 is 4.92 Å². The van der Waals surface area contributed by atoms with Crippen molar-refractivity contribution in [1.82, 2.24) is 19.8 Å². The molecule has 0 bridgehead atoms. The van der Waals surface area contributed by atoms with Gasteiger partial charge in [-0.1, -0.05) is 0 Å². The quantitative estimate of drug-likeness (QED) is 0.547. The Morgan fingerprint density at radius 2 is 2.12 bits per heavy atom. The maximum absolute atomic E-state index is 10.8. The fraction of sp³-hybridized carbons (Fsp3) is 0.700. The van der Waals surface area contributed by atoms with E-state index in [0.717, 1.165) is 32.7 Å². The lowest BCUT2D eigenvalue weighted by atomic mass is 10.3. The Bertz CT molecular complexity index is 397. The van der Waals surface area contributed by atoms with Crippen molar-refractivity contribution in [3.63, 3.8) is 0 Å². The van der Waals surface area contributed by atoms with Gasteiger partial charge in [0, 0.05) is 39.6 Å². The van der Waals surface area contributed by atoms with Gasteiger partial charge in [-0.3, -0.25) is 4.90 Å². The van der Waals surface area contributed by atoms with Crippen LogP contribution in [0.4, 0.5) is 5.82 Å². The number of hydrogen-bond acceptors (Lipinski definition) is 4. The highest BCUT2D eigenvalue weighted by Gasteiger charge is 2.18. The Hall–Kier alpha value is -1.47. The lowest BCUT2D eigenvalue weighted by Crippen LogP contribution is -2.41. The number of hydrogen-bond donors (Lipinski definition) is 0. The van der Waals surface area contributed by atoms with Crippen LogP contribution in [0.5, 0.6) is 0 Å². The van der Waals surface area contributed by atoms with Gasteiger partial charge >= 0.3 is 5.82 Å². The molecule has 0 spiro atoms. The second kappa shape index (κ2) is 5.24. The number of aryl methyl sites for hydroxylation is 1. The summed E-state index contributed by atoms with van der Waals surface area (Å²) in [6.07, 6.45) is 1.32. The minimum atomic E-state index is -0.383. The molecule has 0 saturated carbocycles. The molecule has 7 heteroatoms. The summed E-state index contributed by atoms with van der Waals surface area (Å²) in [7, 11) is 0. The third-order valence-corrected chi connectivity index (χ3v) is 3.01. The average molecular weight is 238 g/mol. The molecule has 1 aromatic rings. The van der Waals surface area contributed by atoms with Crippen molar-refractivity contribution in [2.24, 2.45) is 0 Å². The average Bonchev–Trinajstić information content (AvgIpc) is 2.69. The Balaban J connectivity index is 1.97. The van der Waals surface area contributed by atoms with E-state index in [1.165, 1.54) is 6.20 Å². The lowest BCUT2D eigenvalue weighted by Gasteiger charge is -2.25. The molecule has 0 unspecified atom stereocenters. The van der Waals surface area contributed by atoms with Crippen LogP contribution in [-0.4, -0.2) is 52.1 Å². The molecular formula is C10H16N5O2. The summed E-state index contributed by atoms with van der Waals surface area (Å²) in [5.74, 6) is 0.766. The summed E-state index contributed by atoms with van der Waals surface area (Å²) in [6, 6.07) is 0. The standard InChI is InChI=1S/C10H16N5O2/c1-9-12-8-10(15(16)17)14(9)7-6-13-4-2-11-3-5-13/h8H,2-7H2,1H3. The molecule has 0 atom stereocenters. The first kappa shape index (κ1) is 12.0. The van der Waals surface area contributed by atoms with Gasteiger partial charge in [-0.2, -0.15) is 0 Å². The van der Waals surface area contributed by atoms with Crippen molar-refractivity contribution >= 4 is 5.82 Å². The Morgan fingerprint density at radius 1 is 1.41 bits per heavy atom. The van der Waals surface area contributed by atoms with Crippen LogP contribution in [0.3, 0.4) is 0 Å². The highest BCUT2D eigenvalue weighted by atomic mass is 16.6. The van der Waals surface area contributed by atoms with E-state index in [-0.39, 0.29) is 10.7 Å². The highest BCUT2D eigenvalue weighted by molar-refractivity contribution is 5.18. The first-order valence-electron chi connectivity index (χ1n) is 5.70. The number of nitrogens with zero attached hydrogens (tertiary/aromatic N) is 5. The van der Waals surface area contributed by atoms with E-state index in [2.05, 4.69) is 15.2 Å². The summed E-state index contributed by atoms with van der Waals surface area (Å²) in [5, 5.41) is 15.1. The molecule has 2 heterocycles. The van der Waals surface area contributed by atoms with Gasteiger partial charge in [0.05, 0.1) is 0 Å². The number of nitro groups is 1. The fourth-order valence-electron chi connectivity index (χ4n) is 1.99. The molecular weight excluding hydrogens is 222 g/mol. The van der Waals surface area contributed by atoms with E-state index in [0.29, 0.717) is 12.4 Å². The number of imidazole rings is 1. The van der Waals surface area contributed by atoms with Crippen LogP contribution in [0.1, 0.15) is 5.82 Å². The Kier molecular flexibility index (Phi) is 3.70. The summed E-state index contributed by atoms with van der Waals surface area (Å²) in [4.78, 5) is 16.7. The van der Waals surface area contributed by atoms with Gasteiger partial charge in [0.15, 0.2) is 5.82 Å². The second-order valence-corrected chi connectivity index (χ2v) is 4.08. The summed E-state index contributed by atoms with van der Waals surface area (Å²) in [5.41, 5.74) is 0. The molecule has 93 valence electrons. The zero-order chi connectivity index (χ0) is 12.3. The third kappa shape index (κ3) is 2.80. The first-order valence-corrected chi connectivity index (χ1v) is 5.70. The summed E-state index contributed by atoms with van der Waals surface area (Å²) in [6.45, 7) is 6.84. The number of rotatable bonds is 4. The molecule has 0 amide bonds. The molecule has 1 radical (unpaired) electrons. The van der Waals surface area contributed by atoms with Gasteiger partial charge < -0.3 is 10.1 Å². The van der Waals surface area contributed by atoms with Crippen LogP contribution in [0, 0.1) is 17.0 Å². The van der Waals surface area contributed by atoms with Gasteiger partial charge in [-0.15, -0.1) is 0 Å². The van der Waals surface area contributed by atoms with Gasteiger partial charge in [0.1, 0.15) is 12.7 Å². The van der Waals surface area contributed by atoms with Crippen molar-refractivity contribution in [1.29, 1.82) is 0 Å². The van der Waals surface area contributed by atoms with E-state index in [1.807, 2.05) is 0 Å². The van der Waals surface area contributed by atoms with E-state index in [9.17, 15) is 10.1 Å². The highest BCUT2D eigenvalue weighted by Crippen LogP contribution is 2.13. The predicted molar refractivity (Wildman–Crippen MR) is 61.9 cm³/mol. The van der Waals surface area contributed by atoms with Crippen LogP contribution >= 0.6 is 0 Å². The minimum Gasteiger partial charge on any atom is -0.358 e. The van der Waals surface area contributed by atoms with Crippen molar-refractivity contribution in [2.45, 2.75) is 13.5 Å². The monoisotopic (exact) mass is 238 g/mol. The molecule has 0 aliphatic carbocycles. The molecule has 1 aliphatic rings. The van der Waals surface area contributed by atoms with Crippen LogP contribution in [0.25, 0.3) is 0 Å². The molecule has 1 saturated heterocycles. The van der Waals surface area contributed by atoms with E-state index in [1.54, 1.807) is 11.5 Å². The fourth-order valence-corrected chi connectivity index (χ4v) is 1.99. The van der Waals surface area contributed by atoms with Crippen LogP contribution in [0.15, 0.2) is 6.20 Å². The van der Waals surface area contributed by atoms with Gasteiger partial charge in [-0.25, -0.2) is 14.9 Å². The molecule has 0 N–H and O–H groups in total. The molecule has 0 aromatic carbocycles. The van der Waals surface area contributed by atoms with Crippen molar-refractivity contribution in [2.75, 3.05) is 32.7 Å². The zero-order valence-electron chi connectivity index (χ0n) is 9.87. The van der Waals surface area contributed by atoms with Crippen LogP contribution in [0.2, 0.25) is 0 Å². The first-order chi connectivity index (χ1) is 8.18. The SMILES string of the molecule is Cc1ncc([N+](=O)[O-])n1CCN1CC[N]CC1. The molecule has 1 fully saturated rings. The van der Waals surface area contributed by atoms with Crippen LogP contribution in [-0.2, 0) is 6.54 Å². The van der Waals surface area contributed by atoms with Crippen molar-refractivity contribution in [3.05, 3.63) is 22.1 Å². The largest absolute Gasteiger partial charge is 0.358 e. The number of piperazine rings is 1. The normalized spacial score (nSPS) is 17.2. The molecule has 1 aliphatic heterocycles. The maximum atomic E-state index is 10.8. The second-order valence-electron chi connectivity index (χ2n) is 4.08. The molecule has 1 aromatic heterocycles. The summed E-state index contributed by atoms with van der Waals surface area (Å²) >= 11 is 0. The Morgan fingerprint density at radius 3 is 2.76 bits per heavy atom. The van der Waals surface area contributed by atoms with E-state index >= 15 is 0 Å². The van der Waals surface area contributed by atoms with Gasteiger partial charge in [0.25, 0.3) is 0 Å². The third-order valence-electron chi connectivity index (χ3n) is 3.01. The van der Waals surface area contributed by atoms with E-state index < -0.39 is 0 Å². The van der Waals surface area contributed by atoms with E-state index in [4.69, 9.17) is 0 Å². The topological polar surface area (TPSA) is 78.3 Å². The Labute approximate surface area is 99.6 Å². The van der Waals surface area contributed by atoms with Gasteiger partial charge in [0.2, 0.25) is 0 Å². The minimum absolute atomic E-state index is 0.0733. The molecule has 17 heavy (non-hydrogen) atoms. The number of aromatic nitrogens is 2. The van der Waals surface area contributed by atoms with Gasteiger partial charge in [-0.05, 0) is 4.92 Å².